The van der Waals surface area contributed by atoms with Gasteiger partial charge in [-0.05, 0) is 32.4 Å². The van der Waals surface area contributed by atoms with E-state index in [0.29, 0.717) is 18.1 Å². The summed E-state index contributed by atoms with van der Waals surface area (Å²) >= 11 is 0. The highest BCUT2D eigenvalue weighted by atomic mass is 16.4. The van der Waals surface area contributed by atoms with Crippen LogP contribution in [0.1, 0.15) is 42.3 Å². The van der Waals surface area contributed by atoms with Gasteiger partial charge in [0.05, 0.1) is 18.4 Å². The lowest BCUT2D eigenvalue weighted by Crippen LogP contribution is -2.31. The summed E-state index contributed by atoms with van der Waals surface area (Å²) in [7, 11) is 1.89. The minimum Gasteiger partial charge on any atom is -0.454 e. The van der Waals surface area contributed by atoms with Crippen LogP contribution in [0.2, 0.25) is 0 Å². The summed E-state index contributed by atoms with van der Waals surface area (Å²) in [6, 6.07) is 3.63. The normalized spacial score (nSPS) is 12.7. The largest absolute Gasteiger partial charge is 0.454 e. The van der Waals surface area contributed by atoms with Gasteiger partial charge < -0.3 is 9.73 Å². The topological polar surface area (TPSA) is 77.9 Å². The third kappa shape index (κ3) is 2.86. The van der Waals surface area contributed by atoms with Gasteiger partial charge >= 0.3 is 0 Å². The van der Waals surface area contributed by atoms with Gasteiger partial charge in [-0.3, -0.25) is 14.2 Å². The van der Waals surface area contributed by atoms with Crippen LogP contribution in [-0.4, -0.2) is 31.5 Å². The quantitative estimate of drug-likeness (QED) is 0.783. The minimum absolute atomic E-state index is 0.125. The second kappa shape index (κ2) is 5.91. The van der Waals surface area contributed by atoms with Gasteiger partial charge in [0, 0.05) is 13.1 Å². The van der Waals surface area contributed by atoms with Crippen molar-refractivity contribution < 1.29 is 9.21 Å². The molecule has 7 nitrogen and oxygen atoms in total. The Bertz CT molecular complexity index is 842. The smallest absolute Gasteiger partial charge is 0.287 e. The van der Waals surface area contributed by atoms with E-state index in [1.54, 1.807) is 16.9 Å². The molecule has 1 atom stereocenters. The maximum absolute atomic E-state index is 12.1. The second-order valence-electron chi connectivity index (χ2n) is 5.79. The summed E-state index contributed by atoms with van der Waals surface area (Å²) in [6.45, 7) is 6.41. The van der Waals surface area contributed by atoms with Crippen LogP contribution in [0.3, 0.4) is 0 Å². The standard InChI is InChI=1S/C16H21N5O2/c1-5-10(2)18-16(22)14-7-6-12(23-14)9-21-15-11(3)19-20(4)13(15)8-17-21/h6-8,10H,5,9H2,1-4H3,(H,18,22). The lowest BCUT2D eigenvalue weighted by atomic mass is 10.2. The Kier molecular flexibility index (Phi) is 3.94. The molecular weight excluding hydrogens is 294 g/mol. The molecule has 1 N–H and O–H groups in total. The second-order valence-corrected chi connectivity index (χ2v) is 5.79. The molecule has 23 heavy (non-hydrogen) atoms. The van der Waals surface area contributed by atoms with E-state index in [4.69, 9.17) is 4.42 Å². The Hall–Kier alpha value is -2.57. The highest BCUT2D eigenvalue weighted by Crippen LogP contribution is 2.19. The van der Waals surface area contributed by atoms with Crippen LogP contribution in [0, 0.1) is 6.92 Å². The average Bonchev–Trinajstić information content (AvgIpc) is 3.19. The summed E-state index contributed by atoms with van der Waals surface area (Å²) in [5.74, 6) is 0.827. The van der Waals surface area contributed by atoms with Crippen molar-refractivity contribution >= 4 is 16.9 Å². The highest BCUT2D eigenvalue weighted by Gasteiger charge is 2.16. The predicted molar refractivity (Wildman–Crippen MR) is 86.3 cm³/mol. The van der Waals surface area contributed by atoms with Crippen LogP contribution >= 0.6 is 0 Å². The Morgan fingerprint density at radius 3 is 2.96 bits per heavy atom. The van der Waals surface area contributed by atoms with Crippen LogP contribution in [0.4, 0.5) is 0 Å². The summed E-state index contributed by atoms with van der Waals surface area (Å²) in [5.41, 5.74) is 2.87. The number of carbonyl (C=O) groups excluding carboxylic acids is 1. The number of aromatic nitrogens is 4. The molecule has 0 spiro atoms. The molecule has 0 aliphatic carbocycles. The van der Waals surface area contributed by atoms with E-state index >= 15 is 0 Å². The molecule has 0 saturated carbocycles. The molecule has 0 bridgehead atoms. The summed E-state index contributed by atoms with van der Waals surface area (Å²) in [6.07, 6.45) is 2.67. The SMILES string of the molecule is CCC(C)NC(=O)c1ccc(Cn2ncc3c2c(C)nn3C)o1. The van der Waals surface area contributed by atoms with E-state index in [9.17, 15) is 4.79 Å². The summed E-state index contributed by atoms with van der Waals surface area (Å²) in [4.78, 5) is 12.1. The number of rotatable bonds is 5. The zero-order valence-electron chi connectivity index (χ0n) is 13.8. The summed E-state index contributed by atoms with van der Waals surface area (Å²) in [5, 5.41) is 11.7. The van der Waals surface area contributed by atoms with Crippen LogP contribution in [-0.2, 0) is 13.6 Å². The van der Waals surface area contributed by atoms with Crippen molar-refractivity contribution in [3.63, 3.8) is 0 Å². The van der Waals surface area contributed by atoms with Crippen LogP contribution in [0.15, 0.2) is 22.7 Å². The van der Waals surface area contributed by atoms with E-state index in [1.807, 2.05) is 38.6 Å². The number of furan rings is 1. The van der Waals surface area contributed by atoms with Gasteiger partial charge in [0.15, 0.2) is 5.76 Å². The van der Waals surface area contributed by atoms with Gasteiger partial charge in [-0.1, -0.05) is 6.92 Å². The minimum atomic E-state index is -0.186. The molecule has 1 amide bonds. The molecule has 0 aliphatic heterocycles. The molecule has 122 valence electrons. The lowest BCUT2D eigenvalue weighted by molar-refractivity contribution is 0.0909. The van der Waals surface area contributed by atoms with E-state index in [-0.39, 0.29) is 11.9 Å². The number of fused-ring (bicyclic) bond motifs is 1. The fraction of sp³-hybridized carbons (Fsp3) is 0.438. The van der Waals surface area contributed by atoms with E-state index in [1.165, 1.54) is 0 Å². The van der Waals surface area contributed by atoms with Gasteiger partial charge in [-0.25, -0.2) is 0 Å². The summed E-state index contributed by atoms with van der Waals surface area (Å²) < 4.78 is 9.31. The van der Waals surface area contributed by atoms with Gasteiger partial charge in [-0.2, -0.15) is 10.2 Å². The van der Waals surface area contributed by atoms with Gasteiger partial charge in [-0.15, -0.1) is 0 Å². The van der Waals surface area contributed by atoms with Gasteiger partial charge in [0.2, 0.25) is 0 Å². The molecule has 0 aromatic carbocycles. The van der Waals surface area contributed by atoms with E-state index < -0.39 is 0 Å². The van der Waals surface area contributed by atoms with Crippen molar-refractivity contribution in [3.05, 3.63) is 35.5 Å². The molecule has 3 aromatic heterocycles. The van der Waals surface area contributed by atoms with Crippen molar-refractivity contribution in [2.45, 2.75) is 39.8 Å². The molecule has 3 heterocycles. The zero-order chi connectivity index (χ0) is 16.6. The fourth-order valence-corrected chi connectivity index (χ4v) is 2.56. The Morgan fingerprint density at radius 1 is 1.43 bits per heavy atom. The van der Waals surface area contributed by atoms with Gasteiger partial charge in [0.1, 0.15) is 16.8 Å². The molecule has 7 heteroatoms. The van der Waals surface area contributed by atoms with Crippen molar-refractivity contribution in [1.82, 2.24) is 24.9 Å². The predicted octanol–water partition coefficient (Wildman–Crippen LogP) is 2.25. The van der Waals surface area contributed by atoms with E-state index in [0.717, 1.165) is 23.1 Å². The number of nitrogens with one attached hydrogen (secondary N) is 1. The van der Waals surface area contributed by atoms with Crippen LogP contribution < -0.4 is 5.32 Å². The van der Waals surface area contributed by atoms with Crippen molar-refractivity contribution in [2.75, 3.05) is 0 Å². The number of nitrogens with zero attached hydrogens (tertiary/aromatic N) is 4. The lowest BCUT2D eigenvalue weighted by Gasteiger charge is -2.09. The molecule has 0 saturated heterocycles. The molecular formula is C16H21N5O2. The number of carbonyl (C=O) groups is 1. The third-order valence-corrected chi connectivity index (χ3v) is 3.99. The van der Waals surface area contributed by atoms with E-state index in [2.05, 4.69) is 15.5 Å². The third-order valence-electron chi connectivity index (χ3n) is 3.99. The maximum atomic E-state index is 12.1. The first-order valence-corrected chi connectivity index (χ1v) is 7.74. The first-order valence-electron chi connectivity index (χ1n) is 7.74. The molecule has 3 rings (SSSR count). The molecule has 3 aromatic rings. The Balaban J connectivity index is 1.79. The number of hydrogen-bond acceptors (Lipinski definition) is 4. The Morgan fingerprint density at radius 2 is 2.22 bits per heavy atom. The van der Waals surface area contributed by atoms with Crippen LogP contribution in [0.5, 0.6) is 0 Å². The number of hydrogen-bond donors (Lipinski definition) is 1. The monoisotopic (exact) mass is 315 g/mol. The first kappa shape index (κ1) is 15.3. The maximum Gasteiger partial charge on any atom is 0.287 e. The van der Waals surface area contributed by atoms with Crippen molar-refractivity contribution in [2.24, 2.45) is 7.05 Å². The van der Waals surface area contributed by atoms with Crippen molar-refractivity contribution in [3.8, 4) is 0 Å². The molecule has 0 fully saturated rings. The fourth-order valence-electron chi connectivity index (χ4n) is 2.56. The molecule has 0 radical (unpaired) electrons. The number of aryl methyl sites for hydroxylation is 2. The average molecular weight is 315 g/mol. The molecule has 1 unspecified atom stereocenters. The Labute approximate surface area is 134 Å². The highest BCUT2D eigenvalue weighted by molar-refractivity contribution is 5.91. The van der Waals surface area contributed by atoms with Crippen LogP contribution in [0.25, 0.3) is 11.0 Å². The van der Waals surface area contributed by atoms with Crippen molar-refractivity contribution in [1.29, 1.82) is 0 Å². The molecule has 0 aliphatic rings. The van der Waals surface area contributed by atoms with Gasteiger partial charge in [0.25, 0.3) is 5.91 Å². The number of amides is 1. The zero-order valence-corrected chi connectivity index (χ0v) is 13.8. The first-order chi connectivity index (χ1) is 11.0.